The Labute approximate surface area is 133 Å². The number of halogens is 1. The molecule has 1 aliphatic rings. The van der Waals surface area contributed by atoms with E-state index in [0.717, 1.165) is 48.7 Å². The second kappa shape index (κ2) is 6.08. The van der Waals surface area contributed by atoms with Crippen molar-refractivity contribution in [2.45, 2.75) is 19.4 Å². The third-order valence-electron chi connectivity index (χ3n) is 4.30. The van der Waals surface area contributed by atoms with Gasteiger partial charge >= 0.3 is 0 Å². The Morgan fingerprint density at radius 2 is 2.22 bits per heavy atom. The van der Waals surface area contributed by atoms with Crippen molar-refractivity contribution >= 4 is 11.2 Å². The average Bonchev–Trinajstić information content (AvgIpc) is 3.17. The van der Waals surface area contributed by atoms with Crippen LogP contribution in [-0.4, -0.2) is 27.7 Å². The smallest absolute Gasteiger partial charge is 0.160 e. The fourth-order valence-electron chi connectivity index (χ4n) is 3.15. The number of hydrogen-bond donors (Lipinski definition) is 0. The van der Waals surface area contributed by atoms with Crippen molar-refractivity contribution < 1.29 is 9.13 Å². The van der Waals surface area contributed by atoms with Crippen LogP contribution in [0.1, 0.15) is 17.8 Å². The first-order chi connectivity index (χ1) is 11.3. The second-order valence-electron chi connectivity index (χ2n) is 6.02. The molecule has 23 heavy (non-hydrogen) atoms. The quantitative estimate of drug-likeness (QED) is 0.743. The number of ether oxygens (including phenoxy) is 1. The molecule has 0 saturated carbocycles. The summed E-state index contributed by atoms with van der Waals surface area (Å²) in [5.74, 6) is 1.20. The second-order valence-corrected chi connectivity index (χ2v) is 6.02. The fraction of sp³-hybridized carbons (Fsp3) is 0.333. The van der Waals surface area contributed by atoms with Crippen LogP contribution in [0.3, 0.4) is 0 Å². The highest BCUT2D eigenvalue weighted by molar-refractivity contribution is 5.71. The molecule has 0 spiro atoms. The van der Waals surface area contributed by atoms with Gasteiger partial charge in [0.1, 0.15) is 17.2 Å². The number of nitrogens with zero attached hydrogens (tertiary/aromatic N) is 3. The van der Waals surface area contributed by atoms with E-state index in [-0.39, 0.29) is 5.82 Å². The lowest BCUT2D eigenvalue weighted by Crippen LogP contribution is -2.14. The van der Waals surface area contributed by atoms with E-state index < -0.39 is 0 Å². The molecular formula is C18H18FN3O. The molecule has 1 saturated heterocycles. The molecule has 0 radical (unpaired) electrons. The molecule has 0 amide bonds. The molecule has 4 nitrogen and oxygen atoms in total. The Balaban J connectivity index is 1.72. The van der Waals surface area contributed by atoms with Crippen LogP contribution in [0.5, 0.6) is 0 Å². The minimum atomic E-state index is -0.215. The highest BCUT2D eigenvalue weighted by atomic mass is 19.1. The van der Waals surface area contributed by atoms with Crippen LogP contribution in [0.4, 0.5) is 4.39 Å². The number of imidazole rings is 1. The van der Waals surface area contributed by atoms with Crippen LogP contribution < -0.4 is 0 Å². The molecule has 5 heteroatoms. The molecule has 1 aliphatic heterocycles. The topological polar surface area (TPSA) is 39.9 Å². The molecule has 118 valence electrons. The van der Waals surface area contributed by atoms with E-state index in [0.29, 0.717) is 12.3 Å². The van der Waals surface area contributed by atoms with Gasteiger partial charge < -0.3 is 9.30 Å². The highest BCUT2D eigenvalue weighted by Crippen LogP contribution is 2.22. The number of hydrogen-bond acceptors (Lipinski definition) is 3. The Morgan fingerprint density at radius 1 is 1.26 bits per heavy atom. The van der Waals surface area contributed by atoms with E-state index in [1.54, 1.807) is 18.3 Å². The van der Waals surface area contributed by atoms with Gasteiger partial charge in [0, 0.05) is 31.7 Å². The van der Waals surface area contributed by atoms with Crippen molar-refractivity contribution in [2.24, 2.45) is 5.92 Å². The largest absolute Gasteiger partial charge is 0.381 e. The third kappa shape index (κ3) is 2.97. The molecule has 1 unspecified atom stereocenters. The van der Waals surface area contributed by atoms with Crippen molar-refractivity contribution in [3.05, 3.63) is 59.8 Å². The molecular weight excluding hydrogens is 293 g/mol. The molecule has 3 heterocycles. The Kier molecular flexibility index (Phi) is 3.79. The zero-order chi connectivity index (χ0) is 15.6. The van der Waals surface area contributed by atoms with Crippen LogP contribution in [0, 0.1) is 11.7 Å². The highest BCUT2D eigenvalue weighted by Gasteiger charge is 2.20. The van der Waals surface area contributed by atoms with Crippen LogP contribution in [0.2, 0.25) is 0 Å². The summed E-state index contributed by atoms with van der Waals surface area (Å²) >= 11 is 0. The standard InChI is InChI=1S/C18H18FN3O/c19-15-4-1-3-13(9-15)10-17-21-16-5-2-7-20-18(16)22(17)11-14-6-8-23-12-14/h1-5,7,9,14H,6,8,10-12H2. The summed E-state index contributed by atoms with van der Waals surface area (Å²) in [6.07, 6.45) is 3.45. The molecule has 2 aromatic heterocycles. The van der Waals surface area contributed by atoms with Crippen molar-refractivity contribution in [1.29, 1.82) is 0 Å². The Bertz CT molecular complexity index is 824. The number of benzene rings is 1. The molecule has 1 atom stereocenters. The van der Waals surface area contributed by atoms with E-state index >= 15 is 0 Å². The van der Waals surface area contributed by atoms with E-state index in [9.17, 15) is 4.39 Å². The summed E-state index contributed by atoms with van der Waals surface area (Å²) in [7, 11) is 0. The van der Waals surface area contributed by atoms with Crippen LogP contribution in [-0.2, 0) is 17.7 Å². The van der Waals surface area contributed by atoms with Gasteiger partial charge in [0.05, 0.1) is 6.61 Å². The molecule has 3 aromatic rings. The molecule has 1 aromatic carbocycles. The average molecular weight is 311 g/mol. The van der Waals surface area contributed by atoms with E-state index in [1.807, 2.05) is 18.2 Å². The lowest BCUT2D eigenvalue weighted by Gasteiger charge is -2.12. The van der Waals surface area contributed by atoms with Crippen LogP contribution >= 0.6 is 0 Å². The number of rotatable bonds is 4. The van der Waals surface area contributed by atoms with Crippen LogP contribution in [0.25, 0.3) is 11.2 Å². The van der Waals surface area contributed by atoms with Gasteiger partial charge in [-0.25, -0.2) is 14.4 Å². The van der Waals surface area contributed by atoms with E-state index in [4.69, 9.17) is 9.72 Å². The maximum absolute atomic E-state index is 13.4. The molecule has 4 rings (SSSR count). The Hall–Kier alpha value is -2.27. The number of aromatic nitrogens is 3. The predicted molar refractivity (Wildman–Crippen MR) is 85.7 cm³/mol. The Morgan fingerprint density at radius 3 is 3.04 bits per heavy atom. The van der Waals surface area contributed by atoms with Gasteiger partial charge in [0.15, 0.2) is 5.65 Å². The van der Waals surface area contributed by atoms with E-state index in [2.05, 4.69) is 9.55 Å². The van der Waals surface area contributed by atoms with Crippen molar-refractivity contribution in [3.63, 3.8) is 0 Å². The summed E-state index contributed by atoms with van der Waals surface area (Å²) in [5, 5.41) is 0. The summed E-state index contributed by atoms with van der Waals surface area (Å²) in [4.78, 5) is 9.21. The molecule has 0 N–H and O–H groups in total. The molecule has 1 fully saturated rings. The SMILES string of the molecule is Fc1cccc(Cc2nc3cccnc3n2CC2CCOC2)c1. The first-order valence-electron chi connectivity index (χ1n) is 7.92. The number of pyridine rings is 1. The maximum Gasteiger partial charge on any atom is 0.160 e. The van der Waals surface area contributed by atoms with Gasteiger partial charge in [0.25, 0.3) is 0 Å². The number of fused-ring (bicyclic) bond motifs is 1. The minimum absolute atomic E-state index is 0.215. The zero-order valence-corrected chi connectivity index (χ0v) is 12.8. The van der Waals surface area contributed by atoms with Crippen LogP contribution in [0.15, 0.2) is 42.6 Å². The van der Waals surface area contributed by atoms with Gasteiger partial charge in [-0.2, -0.15) is 0 Å². The van der Waals surface area contributed by atoms with E-state index in [1.165, 1.54) is 6.07 Å². The van der Waals surface area contributed by atoms with Crippen molar-refractivity contribution in [2.75, 3.05) is 13.2 Å². The normalized spacial score (nSPS) is 17.9. The lowest BCUT2D eigenvalue weighted by atomic mass is 10.1. The minimum Gasteiger partial charge on any atom is -0.381 e. The van der Waals surface area contributed by atoms with Crippen molar-refractivity contribution in [1.82, 2.24) is 14.5 Å². The predicted octanol–water partition coefficient (Wildman–Crippen LogP) is 3.20. The fourth-order valence-corrected chi connectivity index (χ4v) is 3.15. The van der Waals surface area contributed by atoms with Gasteiger partial charge in [-0.3, -0.25) is 0 Å². The third-order valence-corrected chi connectivity index (χ3v) is 4.30. The monoisotopic (exact) mass is 311 g/mol. The van der Waals surface area contributed by atoms with Gasteiger partial charge in [-0.15, -0.1) is 0 Å². The first-order valence-corrected chi connectivity index (χ1v) is 7.92. The lowest BCUT2D eigenvalue weighted by molar-refractivity contribution is 0.182. The summed E-state index contributed by atoms with van der Waals surface area (Å²) in [6.45, 7) is 2.45. The zero-order valence-electron chi connectivity index (χ0n) is 12.8. The maximum atomic E-state index is 13.4. The van der Waals surface area contributed by atoms with Gasteiger partial charge in [-0.05, 0) is 36.2 Å². The first kappa shape index (κ1) is 14.3. The summed E-state index contributed by atoms with van der Waals surface area (Å²) < 4.78 is 21.1. The van der Waals surface area contributed by atoms with Gasteiger partial charge in [0.2, 0.25) is 0 Å². The van der Waals surface area contributed by atoms with Crippen molar-refractivity contribution in [3.8, 4) is 0 Å². The molecule has 0 aliphatic carbocycles. The summed E-state index contributed by atoms with van der Waals surface area (Å²) in [5.41, 5.74) is 2.70. The van der Waals surface area contributed by atoms with Gasteiger partial charge in [-0.1, -0.05) is 12.1 Å². The molecule has 0 bridgehead atoms. The summed E-state index contributed by atoms with van der Waals surface area (Å²) in [6, 6.07) is 10.6.